The van der Waals surface area contributed by atoms with Crippen LogP contribution in [-0.2, 0) is 18.9 Å². The van der Waals surface area contributed by atoms with Gasteiger partial charge in [-0.1, -0.05) is 13.8 Å². The molecule has 21 heavy (non-hydrogen) atoms. The maximum absolute atomic E-state index is 9.54. The van der Waals surface area contributed by atoms with Crippen molar-refractivity contribution in [1.82, 2.24) is 5.32 Å². The SMILES string of the molecule is CC(C)NCCOCCOCCOCC(O)COC(C)C. The topological polar surface area (TPSA) is 69.2 Å². The zero-order valence-corrected chi connectivity index (χ0v) is 14.0. The summed E-state index contributed by atoms with van der Waals surface area (Å²) < 4.78 is 21.3. The number of nitrogens with one attached hydrogen (secondary N) is 1. The molecule has 0 fully saturated rings. The van der Waals surface area contributed by atoms with Crippen molar-refractivity contribution in [2.45, 2.75) is 45.9 Å². The summed E-state index contributed by atoms with van der Waals surface area (Å²) in [5.41, 5.74) is 0. The first-order valence-electron chi connectivity index (χ1n) is 7.78. The van der Waals surface area contributed by atoms with E-state index in [4.69, 9.17) is 18.9 Å². The number of aliphatic hydroxyl groups is 1. The molecule has 0 rings (SSSR count). The summed E-state index contributed by atoms with van der Waals surface area (Å²) in [7, 11) is 0. The molecule has 0 bridgehead atoms. The van der Waals surface area contributed by atoms with Crippen LogP contribution in [0.25, 0.3) is 0 Å². The Morgan fingerprint density at radius 2 is 1.38 bits per heavy atom. The van der Waals surface area contributed by atoms with Gasteiger partial charge in [-0.05, 0) is 13.8 Å². The fourth-order valence-electron chi connectivity index (χ4n) is 1.43. The fraction of sp³-hybridized carbons (Fsp3) is 1.00. The zero-order valence-electron chi connectivity index (χ0n) is 14.0. The molecule has 0 aromatic carbocycles. The molecular weight excluding hydrogens is 274 g/mol. The average molecular weight is 307 g/mol. The van der Waals surface area contributed by atoms with Gasteiger partial charge in [-0.2, -0.15) is 0 Å². The summed E-state index contributed by atoms with van der Waals surface area (Å²) in [6.45, 7) is 12.3. The highest BCUT2D eigenvalue weighted by Gasteiger charge is 2.05. The predicted molar refractivity (Wildman–Crippen MR) is 82.7 cm³/mol. The Bertz CT molecular complexity index is 214. The second-order valence-corrected chi connectivity index (χ2v) is 5.44. The Hall–Kier alpha value is -0.240. The van der Waals surface area contributed by atoms with E-state index in [1.165, 1.54) is 0 Å². The van der Waals surface area contributed by atoms with Gasteiger partial charge in [0, 0.05) is 12.6 Å². The van der Waals surface area contributed by atoms with Crippen molar-refractivity contribution in [3.05, 3.63) is 0 Å². The van der Waals surface area contributed by atoms with E-state index >= 15 is 0 Å². The molecule has 0 amide bonds. The lowest BCUT2D eigenvalue weighted by Gasteiger charge is -2.13. The van der Waals surface area contributed by atoms with E-state index in [1.807, 2.05) is 13.8 Å². The van der Waals surface area contributed by atoms with Crippen molar-refractivity contribution in [3.8, 4) is 0 Å². The van der Waals surface area contributed by atoms with Crippen LogP contribution in [-0.4, -0.2) is 76.1 Å². The highest BCUT2D eigenvalue weighted by atomic mass is 16.5. The quantitative estimate of drug-likeness (QED) is 0.437. The van der Waals surface area contributed by atoms with Crippen molar-refractivity contribution in [2.24, 2.45) is 0 Å². The minimum atomic E-state index is -0.579. The lowest BCUT2D eigenvalue weighted by molar-refractivity contribution is -0.0475. The van der Waals surface area contributed by atoms with Gasteiger partial charge in [-0.15, -0.1) is 0 Å². The molecule has 0 aromatic heterocycles. The van der Waals surface area contributed by atoms with E-state index in [0.717, 1.165) is 6.54 Å². The number of hydrogen-bond acceptors (Lipinski definition) is 6. The van der Waals surface area contributed by atoms with Gasteiger partial charge in [-0.25, -0.2) is 0 Å². The van der Waals surface area contributed by atoms with E-state index in [9.17, 15) is 5.11 Å². The Labute approximate surface area is 129 Å². The predicted octanol–water partition coefficient (Wildman–Crippen LogP) is 0.820. The van der Waals surface area contributed by atoms with Gasteiger partial charge < -0.3 is 29.4 Å². The van der Waals surface area contributed by atoms with Crippen LogP contribution >= 0.6 is 0 Å². The van der Waals surface area contributed by atoms with Crippen molar-refractivity contribution in [2.75, 3.05) is 52.8 Å². The Morgan fingerprint density at radius 3 is 1.95 bits per heavy atom. The van der Waals surface area contributed by atoms with Crippen LogP contribution < -0.4 is 5.32 Å². The van der Waals surface area contributed by atoms with Gasteiger partial charge in [0.05, 0.1) is 52.4 Å². The second kappa shape index (κ2) is 14.7. The van der Waals surface area contributed by atoms with Gasteiger partial charge in [0.1, 0.15) is 6.10 Å². The first-order valence-corrected chi connectivity index (χ1v) is 7.78. The highest BCUT2D eigenvalue weighted by molar-refractivity contribution is 4.52. The molecule has 6 heteroatoms. The minimum Gasteiger partial charge on any atom is -0.388 e. The van der Waals surface area contributed by atoms with Crippen LogP contribution in [0.3, 0.4) is 0 Å². The van der Waals surface area contributed by atoms with Crippen molar-refractivity contribution in [1.29, 1.82) is 0 Å². The Balaban J connectivity index is 3.12. The zero-order chi connectivity index (χ0) is 15.9. The van der Waals surface area contributed by atoms with Gasteiger partial charge in [0.2, 0.25) is 0 Å². The summed E-state index contributed by atoms with van der Waals surface area (Å²) >= 11 is 0. The van der Waals surface area contributed by atoms with Gasteiger partial charge >= 0.3 is 0 Å². The van der Waals surface area contributed by atoms with E-state index in [2.05, 4.69) is 19.2 Å². The molecule has 2 N–H and O–H groups in total. The molecule has 0 aliphatic heterocycles. The molecule has 128 valence electrons. The standard InChI is InChI=1S/C15H33NO5/c1-13(2)16-5-6-18-7-8-19-9-10-20-11-15(17)12-21-14(3)4/h13-17H,5-12H2,1-4H3. The largest absolute Gasteiger partial charge is 0.388 e. The first-order chi connectivity index (χ1) is 10.0. The summed E-state index contributed by atoms with van der Waals surface area (Å²) in [5, 5.41) is 12.8. The van der Waals surface area contributed by atoms with E-state index in [1.54, 1.807) is 0 Å². The minimum absolute atomic E-state index is 0.124. The van der Waals surface area contributed by atoms with Gasteiger partial charge in [0.15, 0.2) is 0 Å². The molecule has 0 aliphatic carbocycles. The van der Waals surface area contributed by atoms with Crippen molar-refractivity contribution >= 4 is 0 Å². The number of ether oxygens (including phenoxy) is 4. The molecule has 1 atom stereocenters. The highest BCUT2D eigenvalue weighted by Crippen LogP contribution is 1.93. The molecule has 0 saturated heterocycles. The lowest BCUT2D eigenvalue weighted by Crippen LogP contribution is -2.27. The number of rotatable bonds is 15. The maximum Gasteiger partial charge on any atom is 0.101 e. The van der Waals surface area contributed by atoms with Crippen LogP contribution in [0.15, 0.2) is 0 Å². The average Bonchev–Trinajstić information content (AvgIpc) is 2.42. The van der Waals surface area contributed by atoms with Crippen LogP contribution in [0.1, 0.15) is 27.7 Å². The monoisotopic (exact) mass is 307 g/mol. The molecule has 6 nitrogen and oxygen atoms in total. The van der Waals surface area contributed by atoms with Crippen molar-refractivity contribution < 1.29 is 24.1 Å². The van der Waals surface area contributed by atoms with Crippen molar-refractivity contribution in [3.63, 3.8) is 0 Å². The summed E-state index contributed by atoms with van der Waals surface area (Å²) in [5.74, 6) is 0. The Kier molecular flexibility index (Phi) is 14.5. The molecule has 0 aromatic rings. The first kappa shape index (κ1) is 20.8. The van der Waals surface area contributed by atoms with Gasteiger partial charge in [0.25, 0.3) is 0 Å². The van der Waals surface area contributed by atoms with Gasteiger partial charge in [-0.3, -0.25) is 0 Å². The van der Waals surface area contributed by atoms with Crippen LogP contribution in [0.4, 0.5) is 0 Å². The van der Waals surface area contributed by atoms with Crippen LogP contribution in [0.2, 0.25) is 0 Å². The third kappa shape index (κ3) is 17.7. The molecular formula is C15H33NO5. The molecule has 0 heterocycles. The summed E-state index contributed by atoms with van der Waals surface area (Å²) in [4.78, 5) is 0. The Morgan fingerprint density at radius 1 is 0.810 bits per heavy atom. The lowest BCUT2D eigenvalue weighted by atomic mass is 10.4. The maximum atomic E-state index is 9.54. The molecule has 0 radical (unpaired) electrons. The number of aliphatic hydroxyl groups excluding tert-OH is 1. The van der Waals surface area contributed by atoms with E-state index in [-0.39, 0.29) is 12.7 Å². The second-order valence-electron chi connectivity index (χ2n) is 5.44. The molecule has 0 aliphatic rings. The van der Waals surface area contributed by atoms with Crippen LogP contribution in [0.5, 0.6) is 0 Å². The summed E-state index contributed by atoms with van der Waals surface area (Å²) in [6.07, 6.45) is -0.456. The summed E-state index contributed by atoms with van der Waals surface area (Å²) in [6, 6.07) is 0.489. The molecule has 1 unspecified atom stereocenters. The fourth-order valence-corrected chi connectivity index (χ4v) is 1.43. The number of hydrogen-bond donors (Lipinski definition) is 2. The van der Waals surface area contributed by atoms with E-state index in [0.29, 0.717) is 45.7 Å². The molecule has 0 spiro atoms. The third-order valence-corrected chi connectivity index (χ3v) is 2.48. The molecule has 0 saturated carbocycles. The smallest absolute Gasteiger partial charge is 0.101 e. The third-order valence-electron chi connectivity index (χ3n) is 2.48. The normalized spacial score (nSPS) is 13.3. The van der Waals surface area contributed by atoms with Crippen LogP contribution in [0, 0.1) is 0 Å². The van der Waals surface area contributed by atoms with E-state index < -0.39 is 6.10 Å².